The SMILES string of the molecule is CCCCCC1=C(C(=O)O)N2C(=O)C(NC(=O)OCc3ccc([N+](=O)[O-])cc3)[C@@H]2SC1. The van der Waals surface area contributed by atoms with E-state index in [9.17, 15) is 29.6 Å². The van der Waals surface area contributed by atoms with E-state index in [4.69, 9.17) is 4.74 Å². The van der Waals surface area contributed by atoms with E-state index in [0.717, 1.165) is 24.8 Å². The van der Waals surface area contributed by atoms with Crippen molar-refractivity contribution in [3.8, 4) is 0 Å². The van der Waals surface area contributed by atoms with Crippen LogP contribution >= 0.6 is 11.8 Å². The molecule has 1 aromatic carbocycles. The number of nitrogens with zero attached hydrogens (tertiary/aromatic N) is 2. The fourth-order valence-corrected chi connectivity index (χ4v) is 4.88. The van der Waals surface area contributed by atoms with Crippen LogP contribution < -0.4 is 5.32 Å². The van der Waals surface area contributed by atoms with Crippen LogP contribution in [0.4, 0.5) is 10.5 Å². The summed E-state index contributed by atoms with van der Waals surface area (Å²) >= 11 is 1.42. The van der Waals surface area contributed by atoms with Crippen molar-refractivity contribution in [2.24, 2.45) is 0 Å². The number of rotatable bonds is 9. The van der Waals surface area contributed by atoms with Crippen molar-refractivity contribution in [1.82, 2.24) is 10.2 Å². The Labute approximate surface area is 182 Å². The van der Waals surface area contributed by atoms with Gasteiger partial charge in [0, 0.05) is 17.9 Å². The molecule has 0 aromatic heterocycles. The molecule has 2 heterocycles. The van der Waals surface area contributed by atoms with Crippen molar-refractivity contribution >= 4 is 35.4 Å². The molecule has 0 radical (unpaired) electrons. The lowest BCUT2D eigenvalue weighted by Crippen LogP contribution is -2.70. The molecule has 1 fully saturated rings. The van der Waals surface area contributed by atoms with Gasteiger partial charge < -0.3 is 15.2 Å². The summed E-state index contributed by atoms with van der Waals surface area (Å²) < 4.78 is 5.10. The Bertz CT molecular complexity index is 916. The molecule has 0 spiro atoms. The minimum atomic E-state index is -1.13. The van der Waals surface area contributed by atoms with Gasteiger partial charge in [0.15, 0.2) is 0 Å². The number of carbonyl (C=O) groups is 3. The summed E-state index contributed by atoms with van der Waals surface area (Å²) in [6.45, 7) is 1.95. The summed E-state index contributed by atoms with van der Waals surface area (Å²) in [6, 6.07) is 4.70. The molecule has 10 nitrogen and oxygen atoms in total. The van der Waals surface area contributed by atoms with E-state index in [1.54, 1.807) is 0 Å². The molecular weight excluding hydrogens is 426 g/mol. The fourth-order valence-electron chi connectivity index (χ4n) is 3.49. The Morgan fingerprint density at radius 1 is 1.32 bits per heavy atom. The number of thioether (sulfide) groups is 1. The molecule has 11 heteroatoms. The second-order valence-corrected chi connectivity index (χ2v) is 8.35. The maximum Gasteiger partial charge on any atom is 0.408 e. The van der Waals surface area contributed by atoms with Gasteiger partial charge in [-0.3, -0.25) is 19.8 Å². The molecule has 1 aromatic rings. The molecule has 0 saturated carbocycles. The number of carboxylic acids is 1. The molecule has 166 valence electrons. The number of alkyl carbamates (subject to hydrolysis) is 1. The summed E-state index contributed by atoms with van der Waals surface area (Å²) in [6.07, 6.45) is 2.69. The van der Waals surface area contributed by atoms with Crippen molar-refractivity contribution < 1.29 is 29.2 Å². The highest BCUT2D eigenvalue weighted by Crippen LogP contribution is 2.41. The number of fused-ring (bicyclic) bond motifs is 1. The third-order valence-electron chi connectivity index (χ3n) is 5.12. The third-order valence-corrected chi connectivity index (χ3v) is 6.46. The van der Waals surface area contributed by atoms with Gasteiger partial charge in [0.2, 0.25) is 0 Å². The first-order chi connectivity index (χ1) is 14.8. The number of hydrogen-bond donors (Lipinski definition) is 2. The smallest absolute Gasteiger partial charge is 0.408 e. The lowest BCUT2D eigenvalue weighted by molar-refractivity contribution is -0.384. The standard InChI is InChI=1S/C20H23N3O7S/c1-2-3-4-5-13-11-31-18-15(17(24)22(18)16(13)19(25)26)21-20(27)30-10-12-6-8-14(9-7-12)23(28)29/h6-9,15,18H,2-5,10-11H2,1H3,(H,21,27)(H,25,26)/t15?,18-/m0/s1. The number of nitrogens with one attached hydrogen (secondary N) is 1. The zero-order chi connectivity index (χ0) is 22.5. The Hall–Kier alpha value is -3.08. The van der Waals surface area contributed by atoms with Crippen LogP contribution in [0.3, 0.4) is 0 Å². The Morgan fingerprint density at radius 2 is 2.03 bits per heavy atom. The van der Waals surface area contributed by atoms with Crippen LogP contribution in [0.1, 0.15) is 38.2 Å². The molecule has 3 rings (SSSR count). The van der Waals surface area contributed by atoms with Gasteiger partial charge in [0.05, 0.1) is 4.92 Å². The van der Waals surface area contributed by atoms with Crippen LogP contribution in [-0.4, -0.2) is 50.1 Å². The monoisotopic (exact) mass is 449 g/mol. The third kappa shape index (κ3) is 4.98. The van der Waals surface area contributed by atoms with Crippen molar-refractivity contribution in [2.45, 2.75) is 50.6 Å². The minimum absolute atomic E-state index is 0.0298. The maximum absolute atomic E-state index is 12.6. The van der Waals surface area contributed by atoms with Gasteiger partial charge in [0.1, 0.15) is 23.7 Å². The largest absolute Gasteiger partial charge is 0.477 e. The Kier molecular flexibility index (Phi) is 7.16. The summed E-state index contributed by atoms with van der Waals surface area (Å²) in [7, 11) is 0. The lowest BCUT2D eigenvalue weighted by Gasteiger charge is -2.49. The number of non-ortho nitro benzene ring substituents is 1. The van der Waals surface area contributed by atoms with Crippen LogP contribution in [0.15, 0.2) is 35.5 Å². The van der Waals surface area contributed by atoms with E-state index >= 15 is 0 Å². The minimum Gasteiger partial charge on any atom is -0.477 e. The molecule has 2 atom stereocenters. The number of carbonyl (C=O) groups excluding carboxylic acids is 2. The normalized spacial score (nSPS) is 20.0. The first-order valence-corrected chi connectivity index (χ1v) is 10.9. The van der Waals surface area contributed by atoms with Gasteiger partial charge in [0.25, 0.3) is 11.6 Å². The molecule has 2 aliphatic rings. The highest BCUT2D eigenvalue weighted by Gasteiger charge is 2.54. The lowest BCUT2D eigenvalue weighted by atomic mass is 10.00. The first-order valence-electron chi connectivity index (χ1n) is 9.90. The van der Waals surface area contributed by atoms with Crippen molar-refractivity contribution in [3.63, 3.8) is 0 Å². The van der Waals surface area contributed by atoms with Crippen LogP contribution in [0, 0.1) is 10.1 Å². The van der Waals surface area contributed by atoms with E-state index in [-0.39, 0.29) is 18.0 Å². The van der Waals surface area contributed by atoms with Gasteiger partial charge in [-0.25, -0.2) is 9.59 Å². The van der Waals surface area contributed by atoms with E-state index in [1.807, 2.05) is 0 Å². The summed E-state index contributed by atoms with van der Waals surface area (Å²) in [5.74, 6) is -1.12. The van der Waals surface area contributed by atoms with E-state index < -0.39 is 34.3 Å². The van der Waals surface area contributed by atoms with Gasteiger partial charge in [-0.2, -0.15) is 0 Å². The number of nitro benzene ring substituents is 1. The predicted molar refractivity (Wildman–Crippen MR) is 112 cm³/mol. The zero-order valence-corrected chi connectivity index (χ0v) is 17.7. The molecule has 2 N–H and O–H groups in total. The zero-order valence-electron chi connectivity index (χ0n) is 16.9. The molecule has 1 unspecified atom stereocenters. The maximum atomic E-state index is 12.6. The second-order valence-electron chi connectivity index (χ2n) is 7.25. The van der Waals surface area contributed by atoms with Crippen LogP contribution in [-0.2, 0) is 20.9 Å². The van der Waals surface area contributed by atoms with Crippen molar-refractivity contribution in [2.75, 3.05) is 5.75 Å². The molecule has 2 amide bonds. The summed E-state index contributed by atoms with van der Waals surface area (Å²) in [5.41, 5.74) is 1.26. The average Bonchev–Trinajstić information content (AvgIpc) is 2.75. The van der Waals surface area contributed by atoms with Gasteiger partial charge in [-0.05, 0) is 36.1 Å². The summed E-state index contributed by atoms with van der Waals surface area (Å²) in [4.78, 5) is 47.9. The molecule has 1 saturated heterocycles. The second kappa shape index (κ2) is 9.82. The van der Waals surface area contributed by atoms with Crippen LogP contribution in [0.2, 0.25) is 0 Å². The first kappa shape index (κ1) is 22.6. The van der Waals surface area contributed by atoms with Gasteiger partial charge in [-0.1, -0.05) is 19.8 Å². The van der Waals surface area contributed by atoms with Gasteiger partial charge >= 0.3 is 12.1 Å². The predicted octanol–water partition coefficient (Wildman–Crippen LogP) is 3.02. The number of β-lactam (4-membered cyclic amide) rings is 1. The summed E-state index contributed by atoms with van der Waals surface area (Å²) in [5, 5.41) is 22.3. The van der Waals surface area contributed by atoms with E-state index in [1.165, 1.54) is 40.9 Å². The fraction of sp³-hybridized carbons (Fsp3) is 0.450. The highest BCUT2D eigenvalue weighted by atomic mass is 32.2. The van der Waals surface area contributed by atoms with Crippen LogP contribution in [0.25, 0.3) is 0 Å². The number of benzene rings is 1. The number of aliphatic carboxylic acids is 1. The van der Waals surface area contributed by atoms with E-state index in [0.29, 0.717) is 17.7 Å². The van der Waals surface area contributed by atoms with Crippen molar-refractivity contribution in [1.29, 1.82) is 0 Å². The quantitative estimate of drug-likeness (QED) is 0.254. The number of carboxylic acid groups (broad SMARTS) is 1. The molecule has 2 aliphatic heterocycles. The number of nitro groups is 1. The van der Waals surface area contributed by atoms with Gasteiger partial charge in [-0.15, -0.1) is 11.8 Å². The average molecular weight is 449 g/mol. The Morgan fingerprint density at radius 3 is 2.65 bits per heavy atom. The van der Waals surface area contributed by atoms with E-state index in [2.05, 4.69) is 12.2 Å². The number of ether oxygens (including phenoxy) is 1. The number of unbranched alkanes of at least 4 members (excludes halogenated alkanes) is 2. The number of amides is 2. The molecular formula is C20H23N3O7S. The highest BCUT2D eigenvalue weighted by molar-refractivity contribution is 8.00. The topological polar surface area (TPSA) is 139 Å². The molecule has 0 aliphatic carbocycles. The van der Waals surface area contributed by atoms with Crippen LogP contribution in [0.5, 0.6) is 0 Å². The number of hydrogen-bond acceptors (Lipinski definition) is 7. The Balaban J connectivity index is 1.57. The molecule has 31 heavy (non-hydrogen) atoms. The molecule has 0 bridgehead atoms. The van der Waals surface area contributed by atoms with Crippen molar-refractivity contribution in [3.05, 3.63) is 51.2 Å².